The molecule has 0 fully saturated rings. The Morgan fingerprint density at radius 2 is 0.306 bits per heavy atom. The minimum atomic E-state index is -0.368. The third kappa shape index (κ3) is 17.5. The summed E-state index contributed by atoms with van der Waals surface area (Å²) in [5.41, 5.74) is 50.3. The topological polar surface area (TPSA) is 0 Å². The summed E-state index contributed by atoms with van der Waals surface area (Å²) in [5, 5.41) is 4.87. The summed E-state index contributed by atoms with van der Waals surface area (Å²) in [7, 11) is 0. The molecule has 0 atom stereocenters. The second-order valence-electron chi connectivity index (χ2n) is 40.0. The van der Waals surface area contributed by atoms with E-state index in [1.165, 1.54) is 166 Å². The quantitative estimate of drug-likeness (QED) is 0.0527. The Labute approximate surface area is 861 Å². The lowest BCUT2D eigenvalue weighted by atomic mass is 9.76. The molecule has 0 amide bonds. The van der Waals surface area contributed by atoms with E-state index in [9.17, 15) is 0 Å². The first kappa shape index (κ1) is 88.9. The molecular weight excluding hydrogens is 1770 g/mol. The van der Waals surface area contributed by atoms with E-state index in [-0.39, 0.29) is 11.8 Å². The molecule has 24 aromatic carbocycles. The number of hydrogen-bond donors (Lipinski definition) is 0. The monoisotopic (exact) mass is 1870 g/mol. The van der Waals surface area contributed by atoms with Gasteiger partial charge in [-0.05, 0) is 306 Å². The van der Waals surface area contributed by atoms with Crippen LogP contribution < -0.4 is 0 Å². The number of benzene rings is 24. The van der Waals surface area contributed by atoms with E-state index in [4.69, 9.17) is 0 Å². The molecule has 24 aromatic rings. The predicted molar refractivity (Wildman–Crippen MR) is 618 cm³/mol. The van der Waals surface area contributed by atoms with Crippen molar-refractivity contribution in [3.05, 3.63) is 626 Å². The molecular formula is C146H104N+. The largest absolute Gasteiger partial charge is 0.309 e. The molecule has 692 valence electrons. The molecule has 0 aromatic heterocycles. The number of quaternary nitrogens is 1. The predicted octanol–water partition coefficient (Wildman–Crippen LogP) is 38.6. The Morgan fingerprint density at radius 3 is 0.510 bits per heavy atom. The second-order valence-corrected chi connectivity index (χ2v) is 40.0. The van der Waals surface area contributed by atoms with Crippen molar-refractivity contribution in [2.45, 2.75) is 38.0 Å². The third-order valence-electron chi connectivity index (χ3n) is 30.8. The van der Waals surface area contributed by atoms with Crippen molar-refractivity contribution in [2.75, 3.05) is 0 Å². The van der Waals surface area contributed by atoms with E-state index in [0.717, 1.165) is 89.0 Å². The van der Waals surface area contributed by atoms with Crippen LogP contribution in [0.1, 0.15) is 67.5 Å². The smallest absolute Gasteiger partial charge is 0.106 e. The molecule has 2 aliphatic rings. The zero-order chi connectivity index (χ0) is 97.5. The van der Waals surface area contributed by atoms with Crippen LogP contribution in [0.4, 0.5) is 0 Å². The van der Waals surface area contributed by atoms with Crippen molar-refractivity contribution >= 4 is 21.5 Å². The van der Waals surface area contributed by atoms with Crippen molar-refractivity contribution < 1.29 is 4.48 Å². The molecule has 1 heteroatoms. The van der Waals surface area contributed by atoms with E-state index in [1.807, 2.05) is 0 Å². The SMILES string of the molecule is c1ccc(-c2cc(-c3ccccc3)cc(-c3cc4c(c5ccccc35)-c3c(cc(-c5cc(-c6ccccc6)cc(-c6ccccc6)c5)c5ccccc35)C[N+]3(C4)Cc4c(cccc4C(c4cc(-c5ccccc5)cc(-c5ccccc5)c4)c4cc(-c5ccccc5)cc(-c5ccccc5)c4)-c4cccc(C(c5cc(-c6ccccc6)cc(-c6ccccc6)c5)c5cc(-c6ccccc6)cc(-c6ccccc6)c5)c4C3)c2)cc1. The summed E-state index contributed by atoms with van der Waals surface area (Å²) in [6, 6.07) is 217. The van der Waals surface area contributed by atoms with Gasteiger partial charge in [-0.25, -0.2) is 0 Å². The first-order valence-electron chi connectivity index (χ1n) is 51.5. The van der Waals surface area contributed by atoms with Crippen LogP contribution >= 0.6 is 0 Å². The maximum absolute atomic E-state index is 2.70. The van der Waals surface area contributed by atoms with E-state index in [2.05, 4.69) is 570 Å². The van der Waals surface area contributed by atoms with Crippen LogP contribution in [0, 0.1) is 0 Å². The zero-order valence-electron chi connectivity index (χ0n) is 81.7. The number of hydrogen-bond acceptors (Lipinski definition) is 0. The minimum absolute atomic E-state index is 0.368. The molecule has 0 radical (unpaired) electrons. The highest BCUT2D eigenvalue weighted by Crippen LogP contribution is 2.56. The van der Waals surface area contributed by atoms with Crippen LogP contribution in [-0.2, 0) is 26.2 Å². The summed E-state index contributed by atoms with van der Waals surface area (Å²) < 4.78 is 0.582. The zero-order valence-corrected chi connectivity index (χ0v) is 81.7. The highest BCUT2D eigenvalue weighted by Gasteiger charge is 2.44. The summed E-state index contributed by atoms with van der Waals surface area (Å²) in [6.45, 7) is 2.54. The van der Waals surface area contributed by atoms with Gasteiger partial charge in [0.05, 0.1) is 0 Å². The Bertz CT molecular complexity index is 7880. The third-order valence-corrected chi connectivity index (χ3v) is 30.8. The van der Waals surface area contributed by atoms with Crippen LogP contribution in [0.5, 0.6) is 0 Å². The fourth-order valence-electron chi connectivity index (χ4n) is 24.0. The van der Waals surface area contributed by atoms with Gasteiger partial charge in [0.2, 0.25) is 0 Å². The Kier molecular flexibility index (Phi) is 23.5. The van der Waals surface area contributed by atoms with Crippen LogP contribution in [0.25, 0.3) is 200 Å². The van der Waals surface area contributed by atoms with E-state index in [1.54, 1.807) is 0 Å². The Hall–Kier alpha value is -18.2. The maximum Gasteiger partial charge on any atom is 0.106 e. The molecule has 0 bridgehead atoms. The molecule has 2 heterocycles. The van der Waals surface area contributed by atoms with Crippen molar-refractivity contribution in [3.63, 3.8) is 0 Å². The van der Waals surface area contributed by atoms with Crippen molar-refractivity contribution in [2.24, 2.45) is 0 Å². The fraction of sp³-hybridized carbons (Fsp3) is 0.0411. The van der Waals surface area contributed by atoms with Crippen molar-refractivity contribution in [3.8, 4) is 178 Å². The van der Waals surface area contributed by atoms with E-state index >= 15 is 0 Å². The van der Waals surface area contributed by atoms with E-state index < -0.39 is 0 Å². The van der Waals surface area contributed by atoms with Gasteiger partial charge in [-0.3, -0.25) is 0 Å². The summed E-state index contributed by atoms with van der Waals surface area (Å²) in [4.78, 5) is 0. The molecule has 147 heavy (non-hydrogen) atoms. The summed E-state index contributed by atoms with van der Waals surface area (Å²) in [6.07, 6.45) is 0. The number of fused-ring (bicyclic) bond motifs is 10. The van der Waals surface area contributed by atoms with Crippen LogP contribution in [-0.4, -0.2) is 4.48 Å². The average molecular weight is 1870 g/mol. The molecule has 1 nitrogen and oxygen atoms in total. The van der Waals surface area contributed by atoms with Crippen molar-refractivity contribution in [1.82, 2.24) is 0 Å². The molecule has 2 aliphatic heterocycles. The summed E-state index contributed by atoms with van der Waals surface area (Å²) in [5.74, 6) is -0.735. The second kappa shape index (κ2) is 38.9. The molecule has 0 saturated heterocycles. The lowest BCUT2D eigenvalue weighted by molar-refractivity contribution is -0.978. The standard InChI is InChI=1S/C146H104N/c1-13-43-99(44-14-1)111-75-112(100-45-15-2-16-46-100)82-123(81-111)139-93-129-95-147(96-130-94-140(134-68-38-40-70-136(134)146(130)145(129)135-69-39-37-67-133(135)139)124-83-113(101-47-17-3-18-48-101)76-114(84-124)102-49-19-4-20-50-102)97-141-131(71-41-73-137(141)143(125-85-115(103-51-21-5-22-52-103)77-116(86-125)104-53-23-6-24-54-104)126-87-117(105-55-25-7-26-56-105)78-118(88-126)106-57-27-8-28-58-106)132-72-42-74-138(142(132)98-147)144(127-89-119(107-59-29-9-30-60-107)79-120(90-127)108-61-31-10-32-62-108)128-91-121(109-63-33-11-34-64-109)80-122(92-128)110-65-35-12-36-66-110/h1-94,143-144H,95-98H2/q+1. The molecule has 1 spiro atoms. The van der Waals surface area contributed by atoms with Gasteiger partial charge in [-0.1, -0.05) is 497 Å². The highest BCUT2D eigenvalue weighted by molar-refractivity contribution is 6.15. The lowest BCUT2D eigenvalue weighted by Gasteiger charge is -2.39. The molecule has 0 aliphatic carbocycles. The van der Waals surface area contributed by atoms with Crippen molar-refractivity contribution in [1.29, 1.82) is 0 Å². The average Bonchev–Trinajstić information content (AvgIpc) is 1.58. The van der Waals surface area contributed by atoms with Crippen LogP contribution in [0.2, 0.25) is 0 Å². The van der Waals surface area contributed by atoms with Gasteiger partial charge in [0.25, 0.3) is 0 Å². The first-order chi connectivity index (χ1) is 72.8. The van der Waals surface area contributed by atoms with Gasteiger partial charge in [-0.2, -0.15) is 0 Å². The lowest BCUT2D eigenvalue weighted by Crippen LogP contribution is -2.44. The number of nitrogens with zero attached hydrogens (tertiary/aromatic N) is 1. The maximum atomic E-state index is 2.70. The van der Waals surface area contributed by atoms with Gasteiger partial charge >= 0.3 is 0 Å². The molecule has 0 saturated carbocycles. The highest BCUT2D eigenvalue weighted by atomic mass is 15.4. The van der Waals surface area contributed by atoms with Gasteiger partial charge in [0.15, 0.2) is 0 Å². The Morgan fingerprint density at radius 1 is 0.129 bits per heavy atom. The number of rotatable bonds is 20. The normalized spacial score (nSPS) is 12.4. The van der Waals surface area contributed by atoms with Gasteiger partial charge in [0, 0.05) is 34.1 Å². The van der Waals surface area contributed by atoms with E-state index in [0.29, 0.717) is 30.7 Å². The van der Waals surface area contributed by atoms with Gasteiger partial charge in [0.1, 0.15) is 26.2 Å². The Balaban J connectivity index is 0.818. The fourth-order valence-corrected chi connectivity index (χ4v) is 24.0. The van der Waals surface area contributed by atoms with Gasteiger partial charge < -0.3 is 4.48 Å². The van der Waals surface area contributed by atoms with Crippen LogP contribution in [0.15, 0.2) is 570 Å². The van der Waals surface area contributed by atoms with Gasteiger partial charge in [-0.15, -0.1) is 0 Å². The van der Waals surface area contributed by atoms with Crippen LogP contribution in [0.3, 0.4) is 0 Å². The molecule has 0 N–H and O–H groups in total. The first-order valence-corrected chi connectivity index (χ1v) is 51.5. The summed E-state index contributed by atoms with van der Waals surface area (Å²) >= 11 is 0. The molecule has 0 unspecified atom stereocenters. The minimum Gasteiger partial charge on any atom is -0.309 e. The molecule has 26 rings (SSSR count).